The summed E-state index contributed by atoms with van der Waals surface area (Å²) in [5.74, 6) is -2.54. The molecule has 1 atom stereocenters. The van der Waals surface area contributed by atoms with Crippen molar-refractivity contribution in [3.8, 4) is 0 Å². The third-order valence-electron chi connectivity index (χ3n) is 2.35. The quantitative estimate of drug-likeness (QED) is 0.877. The SMILES string of the molecule is CCC[C@H](NC(=O)c1cc(Br)ccc1F)C(=O)O. The third-order valence-corrected chi connectivity index (χ3v) is 2.85. The van der Waals surface area contributed by atoms with Gasteiger partial charge in [-0.3, -0.25) is 4.79 Å². The lowest BCUT2D eigenvalue weighted by atomic mass is 10.1. The minimum atomic E-state index is -1.12. The zero-order valence-electron chi connectivity index (χ0n) is 9.74. The highest BCUT2D eigenvalue weighted by molar-refractivity contribution is 9.10. The minimum absolute atomic E-state index is 0.174. The first-order chi connectivity index (χ1) is 8.45. The summed E-state index contributed by atoms with van der Waals surface area (Å²) in [5, 5.41) is 11.2. The highest BCUT2D eigenvalue weighted by atomic mass is 79.9. The summed E-state index contributed by atoms with van der Waals surface area (Å²) in [6, 6.07) is 2.93. The zero-order valence-corrected chi connectivity index (χ0v) is 11.3. The Morgan fingerprint density at radius 2 is 2.17 bits per heavy atom. The molecule has 1 rings (SSSR count). The van der Waals surface area contributed by atoms with Gasteiger partial charge in [-0.25, -0.2) is 9.18 Å². The lowest BCUT2D eigenvalue weighted by Gasteiger charge is -2.13. The normalized spacial score (nSPS) is 11.9. The lowest BCUT2D eigenvalue weighted by Crippen LogP contribution is -2.40. The molecule has 98 valence electrons. The average Bonchev–Trinajstić information content (AvgIpc) is 2.31. The number of rotatable bonds is 5. The van der Waals surface area contributed by atoms with Crippen molar-refractivity contribution in [3.63, 3.8) is 0 Å². The first-order valence-electron chi connectivity index (χ1n) is 5.44. The van der Waals surface area contributed by atoms with Crippen molar-refractivity contribution in [2.24, 2.45) is 0 Å². The van der Waals surface area contributed by atoms with E-state index >= 15 is 0 Å². The van der Waals surface area contributed by atoms with Crippen LogP contribution in [0.1, 0.15) is 30.1 Å². The number of carbonyl (C=O) groups is 2. The second-order valence-corrected chi connectivity index (χ2v) is 4.69. The van der Waals surface area contributed by atoms with Gasteiger partial charge >= 0.3 is 5.97 Å². The molecule has 0 fully saturated rings. The smallest absolute Gasteiger partial charge is 0.326 e. The Morgan fingerprint density at radius 3 is 2.72 bits per heavy atom. The standard InChI is InChI=1S/C12H13BrFNO3/c1-2-3-10(12(17)18)15-11(16)8-6-7(13)4-5-9(8)14/h4-6,10H,2-3H2,1H3,(H,15,16)(H,17,18)/t10-/m0/s1. The molecule has 0 aliphatic rings. The fourth-order valence-corrected chi connectivity index (χ4v) is 1.81. The molecule has 4 nitrogen and oxygen atoms in total. The van der Waals surface area contributed by atoms with Crippen molar-refractivity contribution in [2.75, 3.05) is 0 Å². The van der Waals surface area contributed by atoms with Gasteiger partial charge in [0.15, 0.2) is 0 Å². The highest BCUT2D eigenvalue weighted by Gasteiger charge is 2.21. The van der Waals surface area contributed by atoms with Gasteiger partial charge in [0.1, 0.15) is 11.9 Å². The van der Waals surface area contributed by atoms with Crippen molar-refractivity contribution in [3.05, 3.63) is 34.1 Å². The molecule has 0 saturated heterocycles. The van der Waals surface area contributed by atoms with Crippen LogP contribution in [0.4, 0.5) is 4.39 Å². The van der Waals surface area contributed by atoms with E-state index in [-0.39, 0.29) is 5.56 Å². The molecule has 0 radical (unpaired) electrons. The van der Waals surface area contributed by atoms with Gasteiger partial charge in [0, 0.05) is 4.47 Å². The Balaban J connectivity index is 2.86. The Hall–Kier alpha value is -1.43. The summed E-state index contributed by atoms with van der Waals surface area (Å²) in [4.78, 5) is 22.7. The number of carboxylic acids is 1. The molecule has 1 amide bonds. The molecule has 0 unspecified atom stereocenters. The molecule has 1 aromatic carbocycles. The number of carboxylic acid groups (broad SMARTS) is 1. The minimum Gasteiger partial charge on any atom is -0.480 e. The molecule has 1 aromatic rings. The fraction of sp³-hybridized carbons (Fsp3) is 0.333. The third kappa shape index (κ3) is 3.80. The largest absolute Gasteiger partial charge is 0.480 e. The summed E-state index contributed by atoms with van der Waals surface area (Å²) in [6.45, 7) is 1.81. The Morgan fingerprint density at radius 1 is 1.50 bits per heavy atom. The Kier molecular flexibility index (Phi) is 5.27. The molecule has 0 aromatic heterocycles. The summed E-state index contributed by atoms with van der Waals surface area (Å²) in [5.41, 5.74) is -0.174. The first kappa shape index (κ1) is 14.6. The molecular weight excluding hydrogens is 305 g/mol. The molecular formula is C12H13BrFNO3. The van der Waals surface area contributed by atoms with Crippen LogP contribution >= 0.6 is 15.9 Å². The molecule has 0 aliphatic heterocycles. The van der Waals surface area contributed by atoms with Gasteiger partial charge in [0.05, 0.1) is 5.56 Å². The van der Waals surface area contributed by atoms with E-state index in [0.717, 1.165) is 6.07 Å². The molecule has 18 heavy (non-hydrogen) atoms. The molecule has 0 bridgehead atoms. The van der Waals surface area contributed by atoms with E-state index in [1.54, 1.807) is 0 Å². The number of halogens is 2. The van der Waals surface area contributed by atoms with Crippen molar-refractivity contribution in [1.29, 1.82) is 0 Å². The van der Waals surface area contributed by atoms with Crippen molar-refractivity contribution >= 4 is 27.8 Å². The van der Waals surface area contributed by atoms with Crippen LogP contribution in [0, 0.1) is 5.82 Å². The molecule has 2 N–H and O–H groups in total. The molecule has 0 saturated carbocycles. The molecule has 6 heteroatoms. The Bertz CT molecular complexity index is 465. The maximum absolute atomic E-state index is 13.4. The topological polar surface area (TPSA) is 66.4 Å². The van der Waals surface area contributed by atoms with Crippen LogP contribution in [0.15, 0.2) is 22.7 Å². The van der Waals surface area contributed by atoms with Crippen LogP contribution in [0.3, 0.4) is 0 Å². The number of hydrogen-bond donors (Lipinski definition) is 2. The van der Waals surface area contributed by atoms with Crippen molar-refractivity contribution < 1.29 is 19.1 Å². The van der Waals surface area contributed by atoms with Gasteiger partial charge in [-0.15, -0.1) is 0 Å². The number of carbonyl (C=O) groups excluding carboxylic acids is 1. The average molecular weight is 318 g/mol. The van der Waals surface area contributed by atoms with Crippen LogP contribution < -0.4 is 5.32 Å². The van der Waals surface area contributed by atoms with Gasteiger partial charge < -0.3 is 10.4 Å². The molecule has 0 heterocycles. The number of amides is 1. The van der Waals surface area contributed by atoms with Gasteiger partial charge in [0.25, 0.3) is 5.91 Å². The number of benzene rings is 1. The van der Waals surface area contributed by atoms with Gasteiger partial charge in [-0.05, 0) is 24.6 Å². The van der Waals surface area contributed by atoms with E-state index in [9.17, 15) is 14.0 Å². The van der Waals surface area contributed by atoms with Crippen LogP contribution in [0.2, 0.25) is 0 Å². The summed E-state index contributed by atoms with van der Waals surface area (Å²) in [6.07, 6.45) is 0.912. The van der Waals surface area contributed by atoms with E-state index in [4.69, 9.17) is 5.11 Å². The van der Waals surface area contributed by atoms with E-state index in [1.807, 2.05) is 6.92 Å². The number of aliphatic carboxylic acids is 1. The van der Waals surface area contributed by atoms with Crippen LogP contribution in [-0.4, -0.2) is 23.0 Å². The predicted octanol–water partition coefficient (Wildman–Crippen LogP) is 2.57. The Labute approximate surface area is 112 Å². The second kappa shape index (κ2) is 6.49. The van der Waals surface area contributed by atoms with E-state index in [1.165, 1.54) is 12.1 Å². The molecule has 0 spiro atoms. The zero-order chi connectivity index (χ0) is 13.7. The second-order valence-electron chi connectivity index (χ2n) is 3.78. The van der Waals surface area contributed by atoms with E-state index < -0.39 is 23.7 Å². The van der Waals surface area contributed by atoms with Crippen molar-refractivity contribution in [1.82, 2.24) is 5.32 Å². The first-order valence-corrected chi connectivity index (χ1v) is 6.23. The highest BCUT2D eigenvalue weighted by Crippen LogP contribution is 2.15. The fourth-order valence-electron chi connectivity index (χ4n) is 1.45. The van der Waals surface area contributed by atoms with Crippen molar-refractivity contribution in [2.45, 2.75) is 25.8 Å². The summed E-state index contributed by atoms with van der Waals surface area (Å²) < 4.78 is 14.0. The predicted molar refractivity (Wildman–Crippen MR) is 67.9 cm³/mol. The van der Waals surface area contributed by atoms with Gasteiger partial charge in [-0.2, -0.15) is 0 Å². The summed E-state index contributed by atoms with van der Waals surface area (Å²) in [7, 11) is 0. The van der Waals surface area contributed by atoms with Crippen LogP contribution in [-0.2, 0) is 4.79 Å². The van der Waals surface area contributed by atoms with Crippen LogP contribution in [0.5, 0.6) is 0 Å². The monoisotopic (exact) mass is 317 g/mol. The van der Waals surface area contributed by atoms with E-state index in [2.05, 4.69) is 21.2 Å². The molecule has 0 aliphatic carbocycles. The maximum Gasteiger partial charge on any atom is 0.326 e. The maximum atomic E-state index is 13.4. The van der Waals surface area contributed by atoms with E-state index in [0.29, 0.717) is 17.3 Å². The number of hydrogen-bond acceptors (Lipinski definition) is 2. The van der Waals surface area contributed by atoms with Crippen LogP contribution in [0.25, 0.3) is 0 Å². The van der Waals surface area contributed by atoms with Gasteiger partial charge in [0.2, 0.25) is 0 Å². The number of nitrogens with one attached hydrogen (secondary N) is 1. The summed E-state index contributed by atoms with van der Waals surface area (Å²) >= 11 is 3.13. The lowest BCUT2D eigenvalue weighted by molar-refractivity contribution is -0.139. The van der Waals surface area contributed by atoms with Gasteiger partial charge in [-0.1, -0.05) is 29.3 Å².